The summed E-state index contributed by atoms with van der Waals surface area (Å²) in [7, 11) is 0. The van der Waals surface area contributed by atoms with Crippen molar-refractivity contribution < 1.29 is 9.90 Å². The Morgan fingerprint density at radius 1 is 0.900 bits per heavy atom. The number of carbonyl (C=O) groups is 1. The SMILES string of the molecule is C/C(=N\NC(=O)c1cc(-c2ccc(-c3ccccc3)cc2)n[nH]1)c1ccccc1O. The number of H-pyrrole nitrogens is 1. The molecule has 6 heteroatoms. The first-order valence-electron chi connectivity index (χ1n) is 9.46. The zero-order valence-electron chi connectivity index (χ0n) is 16.3. The van der Waals surface area contributed by atoms with Crippen molar-refractivity contribution in [1.29, 1.82) is 0 Å². The summed E-state index contributed by atoms with van der Waals surface area (Å²) in [4.78, 5) is 12.4. The molecule has 3 aromatic carbocycles. The lowest BCUT2D eigenvalue weighted by molar-refractivity contribution is 0.0950. The predicted molar refractivity (Wildman–Crippen MR) is 117 cm³/mol. The van der Waals surface area contributed by atoms with E-state index in [1.54, 1.807) is 37.3 Å². The van der Waals surface area contributed by atoms with Gasteiger partial charge in [0.1, 0.15) is 11.4 Å². The molecule has 6 nitrogen and oxygen atoms in total. The van der Waals surface area contributed by atoms with Crippen LogP contribution in [0.1, 0.15) is 23.0 Å². The highest BCUT2D eigenvalue weighted by Gasteiger charge is 2.11. The highest BCUT2D eigenvalue weighted by atomic mass is 16.3. The lowest BCUT2D eigenvalue weighted by Gasteiger charge is -2.04. The quantitative estimate of drug-likeness (QED) is 0.340. The maximum absolute atomic E-state index is 12.4. The molecule has 1 amide bonds. The number of hydrogen-bond acceptors (Lipinski definition) is 4. The number of hydrazone groups is 1. The third-order valence-electron chi connectivity index (χ3n) is 4.73. The van der Waals surface area contributed by atoms with Gasteiger partial charge in [0, 0.05) is 11.1 Å². The van der Waals surface area contributed by atoms with E-state index in [1.807, 2.05) is 42.5 Å². The van der Waals surface area contributed by atoms with Crippen LogP contribution in [0.4, 0.5) is 0 Å². The summed E-state index contributed by atoms with van der Waals surface area (Å²) >= 11 is 0. The van der Waals surface area contributed by atoms with E-state index in [2.05, 4.69) is 32.9 Å². The molecule has 0 fully saturated rings. The number of aromatic hydroxyl groups is 1. The first-order valence-corrected chi connectivity index (χ1v) is 9.46. The first kappa shape index (κ1) is 19.1. The van der Waals surface area contributed by atoms with Crippen molar-refractivity contribution in [2.24, 2.45) is 5.10 Å². The van der Waals surface area contributed by atoms with Gasteiger partial charge in [-0.15, -0.1) is 0 Å². The van der Waals surface area contributed by atoms with Crippen molar-refractivity contribution in [3.63, 3.8) is 0 Å². The predicted octanol–water partition coefficient (Wildman–Crippen LogP) is 4.60. The van der Waals surface area contributed by atoms with Gasteiger partial charge in [-0.3, -0.25) is 9.89 Å². The molecule has 30 heavy (non-hydrogen) atoms. The monoisotopic (exact) mass is 396 g/mol. The molecule has 0 aliphatic heterocycles. The molecule has 0 bridgehead atoms. The average molecular weight is 396 g/mol. The van der Waals surface area contributed by atoms with Crippen LogP contribution in [-0.4, -0.2) is 26.9 Å². The molecule has 0 aliphatic rings. The second kappa shape index (κ2) is 8.45. The van der Waals surface area contributed by atoms with Gasteiger partial charge in [0.15, 0.2) is 0 Å². The summed E-state index contributed by atoms with van der Waals surface area (Å²) in [5, 5.41) is 20.9. The zero-order valence-corrected chi connectivity index (χ0v) is 16.3. The van der Waals surface area contributed by atoms with Crippen molar-refractivity contribution >= 4 is 11.6 Å². The molecular formula is C24H20N4O2. The van der Waals surface area contributed by atoms with Gasteiger partial charge >= 0.3 is 0 Å². The minimum absolute atomic E-state index is 0.107. The topological polar surface area (TPSA) is 90.4 Å². The minimum Gasteiger partial charge on any atom is -0.507 e. The molecule has 0 radical (unpaired) electrons. The number of nitrogens with zero attached hydrogens (tertiary/aromatic N) is 2. The van der Waals surface area contributed by atoms with Gasteiger partial charge in [-0.1, -0.05) is 66.7 Å². The largest absolute Gasteiger partial charge is 0.507 e. The molecule has 0 saturated heterocycles. The number of rotatable bonds is 5. The molecular weight excluding hydrogens is 376 g/mol. The smallest absolute Gasteiger partial charge is 0.289 e. The van der Waals surface area contributed by atoms with E-state index in [4.69, 9.17) is 0 Å². The number of para-hydroxylation sites is 1. The summed E-state index contributed by atoms with van der Waals surface area (Å²) in [5.41, 5.74) is 7.66. The fraction of sp³-hybridized carbons (Fsp3) is 0.0417. The Kier molecular flexibility index (Phi) is 5.39. The number of hydrogen-bond donors (Lipinski definition) is 3. The number of carbonyl (C=O) groups excluding carboxylic acids is 1. The van der Waals surface area contributed by atoms with Gasteiger partial charge in [-0.25, -0.2) is 5.43 Å². The standard InChI is InChI=1S/C24H20N4O2/c1-16(20-9-5-6-10-23(20)29)25-28-24(30)22-15-21(26-27-22)19-13-11-18(12-14-19)17-7-3-2-4-8-17/h2-15,29H,1H3,(H,26,27)(H,28,30)/b25-16+. The number of phenols is 1. The van der Waals surface area contributed by atoms with Crippen LogP contribution in [0.25, 0.3) is 22.4 Å². The highest BCUT2D eigenvalue weighted by Crippen LogP contribution is 2.24. The Morgan fingerprint density at radius 2 is 1.53 bits per heavy atom. The van der Waals surface area contributed by atoms with Crippen LogP contribution in [0.2, 0.25) is 0 Å². The second-order valence-corrected chi connectivity index (χ2v) is 6.77. The summed E-state index contributed by atoms with van der Waals surface area (Å²) in [6.07, 6.45) is 0. The summed E-state index contributed by atoms with van der Waals surface area (Å²) < 4.78 is 0. The van der Waals surface area contributed by atoms with Crippen LogP contribution in [0, 0.1) is 0 Å². The van der Waals surface area contributed by atoms with Gasteiger partial charge in [-0.05, 0) is 36.2 Å². The van der Waals surface area contributed by atoms with Crippen LogP contribution >= 0.6 is 0 Å². The number of phenolic OH excluding ortho intramolecular Hbond substituents is 1. The minimum atomic E-state index is -0.413. The Bertz CT molecular complexity index is 1200. The van der Waals surface area contributed by atoms with Crippen molar-refractivity contribution in [3.05, 3.63) is 96.2 Å². The van der Waals surface area contributed by atoms with Crippen LogP contribution < -0.4 is 5.43 Å². The van der Waals surface area contributed by atoms with E-state index in [-0.39, 0.29) is 5.75 Å². The average Bonchev–Trinajstić information content (AvgIpc) is 3.29. The maximum Gasteiger partial charge on any atom is 0.289 e. The van der Waals surface area contributed by atoms with Crippen molar-refractivity contribution in [2.75, 3.05) is 0 Å². The van der Waals surface area contributed by atoms with E-state index in [0.29, 0.717) is 22.7 Å². The Balaban J connectivity index is 1.46. The molecule has 148 valence electrons. The molecule has 4 rings (SSSR count). The first-order chi connectivity index (χ1) is 14.6. The summed E-state index contributed by atoms with van der Waals surface area (Å²) in [6.45, 7) is 1.71. The normalized spacial score (nSPS) is 11.3. The maximum atomic E-state index is 12.4. The van der Waals surface area contributed by atoms with E-state index in [0.717, 1.165) is 16.7 Å². The number of aromatic amines is 1. The van der Waals surface area contributed by atoms with Crippen LogP contribution in [-0.2, 0) is 0 Å². The van der Waals surface area contributed by atoms with Gasteiger partial charge in [0.2, 0.25) is 0 Å². The molecule has 1 heterocycles. The van der Waals surface area contributed by atoms with E-state index in [9.17, 15) is 9.90 Å². The van der Waals surface area contributed by atoms with Crippen LogP contribution in [0.15, 0.2) is 90.0 Å². The van der Waals surface area contributed by atoms with Gasteiger partial charge in [0.25, 0.3) is 5.91 Å². The Hall–Kier alpha value is -4.19. The summed E-state index contributed by atoms with van der Waals surface area (Å²) in [5.74, 6) is -0.305. The van der Waals surface area contributed by atoms with E-state index >= 15 is 0 Å². The lowest BCUT2D eigenvalue weighted by atomic mass is 10.0. The Labute approximate surface area is 173 Å². The number of aromatic nitrogens is 2. The number of nitrogens with one attached hydrogen (secondary N) is 2. The van der Waals surface area contributed by atoms with Crippen molar-refractivity contribution in [1.82, 2.24) is 15.6 Å². The number of benzene rings is 3. The molecule has 0 atom stereocenters. The summed E-state index contributed by atoms with van der Waals surface area (Å²) in [6, 6.07) is 26.6. The van der Waals surface area contributed by atoms with Gasteiger partial charge < -0.3 is 5.11 Å². The molecule has 0 aliphatic carbocycles. The molecule has 4 aromatic rings. The van der Waals surface area contributed by atoms with Gasteiger partial charge in [0.05, 0.1) is 11.4 Å². The third kappa shape index (κ3) is 4.12. The van der Waals surface area contributed by atoms with Crippen LogP contribution in [0.3, 0.4) is 0 Å². The van der Waals surface area contributed by atoms with Crippen molar-refractivity contribution in [3.8, 4) is 28.1 Å². The molecule has 0 saturated carbocycles. The molecule has 1 aromatic heterocycles. The molecule has 3 N–H and O–H groups in total. The second-order valence-electron chi connectivity index (χ2n) is 6.77. The molecule has 0 spiro atoms. The molecule has 0 unspecified atom stereocenters. The Morgan fingerprint density at radius 3 is 2.27 bits per heavy atom. The fourth-order valence-electron chi connectivity index (χ4n) is 3.08. The number of amides is 1. The fourth-order valence-corrected chi connectivity index (χ4v) is 3.08. The van der Waals surface area contributed by atoms with E-state index < -0.39 is 5.91 Å². The van der Waals surface area contributed by atoms with Gasteiger partial charge in [-0.2, -0.15) is 10.2 Å². The van der Waals surface area contributed by atoms with Crippen molar-refractivity contribution in [2.45, 2.75) is 6.92 Å². The lowest BCUT2D eigenvalue weighted by Crippen LogP contribution is -2.19. The zero-order chi connectivity index (χ0) is 20.9. The highest BCUT2D eigenvalue weighted by molar-refractivity contribution is 6.02. The van der Waals surface area contributed by atoms with Crippen LogP contribution in [0.5, 0.6) is 5.75 Å². The third-order valence-corrected chi connectivity index (χ3v) is 4.73. The van der Waals surface area contributed by atoms with E-state index in [1.165, 1.54) is 0 Å².